The summed E-state index contributed by atoms with van der Waals surface area (Å²) in [5.74, 6) is 1.23. The van der Waals surface area contributed by atoms with Gasteiger partial charge in [0, 0.05) is 26.2 Å². The van der Waals surface area contributed by atoms with E-state index in [4.69, 9.17) is 6.57 Å². The molecule has 0 saturated carbocycles. The first kappa shape index (κ1) is 16.3. The average molecular weight is 364 g/mol. The second-order valence-corrected chi connectivity index (χ2v) is 7.02. The zero-order chi connectivity index (χ0) is 19.1. The molecule has 2 aliphatic rings. The molecule has 0 bridgehead atoms. The highest BCUT2D eigenvalue weighted by Crippen LogP contribution is 2.36. The number of anilines is 2. The molecule has 134 valence electrons. The summed E-state index contributed by atoms with van der Waals surface area (Å²) in [6.45, 7) is 10.3. The van der Waals surface area contributed by atoms with Gasteiger partial charge in [-0.15, -0.1) is 0 Å². The third kappa shape index (κ3) is 2.55. The van der Waals surface area contributed by atoms with E-state index in [1.54, 1.807) is 0 Å². The van der Waals surface area contributed by atoms with Crippen molar-refractivity contribution in [2.24, 2.45) is 0 Å². The SMILES string of the molecule is [C-]#[N+]c1nc(N2Cc3ccccc3C2)c(C#N)nc1N1Cc2ccccc2C1. The van der Waals surface area contributed by atoms with Gasteiger partial charge in [-0.05, 0) is 22.3 Å². The van der Waals surface area contributed by atoms with Gasteiger partial charge < -0.3 is 14.6 Å². The van der Waals surface area contributed by atoms with Crippen LogP contribution in [-0.4, -0.2) is 9.97 Å². The maximum absolute atomic E-state index is 9.72. The standard InChI is InChI=1S/C22H16N6/c1-24-20-22(28-13-17-8-4-5-9-18(17)14-28)25-19(10-23)21(26-20)27-11-15-6-2-3-7-16(15)12-27/h2-9H,11-14H2. The third-order valence-electron chi connectivity index (χ3n) is 5.33. The third-order valence-corrected chi connectivity index (χ3v) is 5.33. The Morgan fingerprint density at radius 1 is 0.786 bits per heavy atom. The number of fused-ring (bicyclic) bond motifs is 2. The second kappa shape index (κ2) is 6.37. The average Bonchev–Trinajstić information content (AvgIpc) is 3.36. The number of benzene rings is 2. The zero-order valence-corrected chi connectivity index (χ0v) is 15.1. The van der Waals surface area contributed by atoms with Gasteiger partial charge in [0.25, 0.3) is 5.82 Å². The Bertz CT molecular complexity index is 1030. The fourth-order valence-electron chi connectivity index (χ4n) is 3.96. The van der Waals surface area contributed by atoms with Crippen LogP contribution in [0.4, 0.5) is 17.5 Å². The van der Waals surface area contributed by atoms with Crippen molar-refractivity contribution in [3.8, 4) is 6.07 Å². The maximum atomic E-state index is 9.72. The Morgan fingerprint density at radius 3 is 1.68 bits per heavy atom. The molecule has 5 rings (SSSR count). The van der Waals surface area contributed by atoms with Crippen LogP contribution in [0.25, 0.3) is 4.85 Å². The van der Waals surface area contributed by atoms with Crippen molar-refractivity contribution in [3.63, 3.8) is 0 Å². The molecule has 3 aromatic rings. The van der Waals surface area contributed by atoms with E-state index in [0.717, 1.165) is 0 Å². The Morgan fingerprint density at radius 2 is 1.25 bits per heavy atom. The molecule has 2 aliphatic heterocycles. The second-order valence-electron chi connectivity index (χ2n) is 7.02. The van der Waals surface area contributed by atoms with Crippen molar-refractivity contribution in [1.82, 2.24) is 9.97 Å². The number of rotatable bonds is 2. The Kier molecular flexibility index (Phi) is 3.70. The van der Waals surface area contributed by atoms with Gasteiger partial charge in [0.05, 0.1) is 0 Å². The van der Waals surface area contributed by atoms with Gasteiger partial charge in [0.2, 0.25) is 5.69 Å². The minimum atomic E-state index is 0.248. The van der Waals surface area contributed by atoms with E-state index in [2.05, 4.69) is 45.1 Å². The highest BCUT2D eigenvalue weighted by Gasteiger charge is 2.30. The summed E-state index contributed by atoms with van der Waals surface area (Å²) >= 11 is 0. The van der Waals surface area contributed by atoms with Crippen LogP contribution in [0.5, 0.6) is 0 Å². The van der Waals surface area contributed by atoms with E-state index in [0.29, 0.717) is 37.8 Å². The summed E-state index contributed by atoms with van der Waals surface area (Å²) in [5, 5.41) is 9.72. The van der Waals surface area contributed by atoms with Crippen molar-refractivity contribution in [2.75, 3.05) is 9.80 Å². The summed E-state index contributed by atoms with van der Waals surface area (Å²) in [6.07, 6.45) is 0. The van der Waals surface area contributed by atoms with E-state index in [1.807, 2.05) is 34.1 Å². The molecule has 0 saturated heterocycles. The lowest BCUT2D eigenvalue weighted by molar-refractivity contribution is 0.825. The molecule has 3 heterocycles. The molecule has 0 N–H and O–H groups in total. The minimum Gasteiger partial charge on any atom is -0.358 e. The van der Waals surface area contributed by atoms with Crippen molar-refractivity contribution >= 4 is 17.5 Å². The van der Waals surface area contributed by atoms with Crippen LogP contribution < -0.4 is 9.80 Å². The molecule has 0 unspecified atom stereocenters. The first-order valence-electron chi connectivity index (χ1n) is 9.10. The molecule has 0 amide bonds. The van der Waals surface area contributed by atoms with Crippen LogP contribution >= 0.6 is 0 Å². The molecular formula is C22H16N6. The predicted octanol–water partition coefficient (Wildman–Crippen LogP) is 3.94. The van der Waals surface area contributed by atoms with Gasteiger partial charge in [0.15, 0.2) is 5.82 Å². The van der Waals surface area contributed by atoms with Crippen LogP contribution in [0, 0.1) is 17.9 Å². The van der Waals surface area contributed by atoms with Gasteiger partial charge in [-0.3, -0.25) is 0 Å². The minimum absolute atomic E-state index is 0.248. The van der Waals surface area contributed by atoms with Gasteiger partial charge in [-0.2, -0.15) is 5.26 Å². The summed E-state index contributed by atoms with van der Waals surface area (Å²) in [7, 11) is 0. The highest BCUT2D eigenvalue weighted by atomic mass is 15.3. The maximum Gasteiger partial charge on any atom is 0.314 e. The molecule has 28 heavy (non-hydrogen) atoms. The predicted molar refractivity (Wildman–Crippen MR) is 106 cm³/mol. The van der Waals surface area contributed by atoms with Gasteiger partial charge in [0.1, 0.15) is 6.07 Å². The number of nitriles is 1. The smallest absolute Gasteiger partial charge is 0.314 e. The van der Waals surface area contributed by atoms with E-state index < -0.39 is 0 Å². The van der Waals surface area contributed by atoms with Gasteiger partial charge in [-0.1, -0.05) is 60.1 Å². The summed E-state index contributed by atoms with van der Waals surface area (Å²) in [6, 6.07) is 18.6. The number of hydrogen-bond donors (Lipinski definition) is 0. The van der Waals surface area contributed by atoms with Gasteiger partial charge >= 0.3 is 5.82 Å². The number of nitrogens with zero attached hydrogens (tertiary/aromatic N) is 6. The summed E-state index contributed by atoms with van der Waals surface area (Å²) < 4.78 is 0. The molecule has 0 aliphatic carbocycles. The normalized spacial score (nSPS) is 14.4. The summed E-state index contributed by atoms with van der Waals surface area (Å²) in [5.41, 5.74) is 5.15. The fourth-order valence-corrected chi connectivity index (χ4v) is 3.96. The molecule has 6 heteroatoms. The Balaban J connectivity index is 1.52. The van der Waals surface area contributed by atoms with Crippen LogP contribution in [0.15, 0.2) is 48.5 Å². The monoisotopic (exact) mass is 364 g/mol. The van der Waals surface area contributed by atoms with Crippen LogP contribution in [0.3, 0.4) is 0 Å². The lowest BCUT2D eigenvalue weighted by Gasteiger charge is -2.20. The zero-order valence-electron chi connectivity index (χ0n) is 15.1. The first-order valence-corrected chi connectivity index (χ1v) is 9.10. The molecule has 0 fully saturated rings. The lowest BCUT2D eigenvalue weighted by atomic mass is 10.1. The highest BCUT2D eigenvalue weighted by molar-refractivity contribution is 5.69. The molecule has 0 radical (unpaired) electrons. The van der Waals surface area contributed by atoms with E-state index >= 15 is 0 Å². The largest absolute Gasteiger partial charge is 0.358 e. The Labute approximate surface area is 163 Å². The molecule has 0 atom stereocenters. The van der Waals surface area contributed by atoms with E-state index in [-0.39, 0.29) is 11.5 Å². The van der Waals surface area contributed by atoms with Crippen LogP contribution in [0.1, 0.15) is 27.9 Å². The topological polar surface area (TPSA) is 60.4 Å². The first-order chi connectivity index (χ1) is 13.8. The van der Waals surface area contributed by atoms with Crippen LogP contribution in [0.2, 0.25) is 0 Å². The molecular weight excluding hydrogens is 348 g/mol. The molecule has 0 spiro atoms. The lowest BCUT2D eigenvalue weighted by Crippen LogP contribution is -2.21. The molecule has 1 aromatic heterocycles. The fraction of sp³-hybridized carbons (Fsp3) is 0.182. The summed E-state index contributed by atoms with van der Waals surface area (Å²) in [4.78, 5) is 16.8. The quantitative estimate of drug-likeness (QED) is 0.645. The Hall–Kier alpha value is -3.90. The van der Waals surface area contributed by atoms with Crippen molar-refractivity contribution < 1.29 is 0 Å². The van der Waals surface area contributed by atoms with Gasteiger partial charge in [-0.25, -0.2) is 4.98 Å². The molecule has 2 aromatic carbocycles. The van der Waals surface area contributed by atoms with Crippen molar-refractivity contribution in [2.45, 2.75) is 26.2 Å². The number of aromatic nitrogens is 2. The van der Waals surface area contributed by atoms with E-state index in [9.17, 15) is 5.26 Å². The van der Waals surface area contributed by atoms with Crippen molar-refractivity contribution in [3.05, 3.63) is 87.9 Å². The van der Waals surface area contributed by atoms with Crippen LogP contribution in [-0.2, 0) is 26.2 Å². The number of hydrogen-bond acceptors (Lipinski definition) is 5. The van der Waals surface area contributed by atoms with Crippen molar-refractivity contribution in [1.29, 1.82) is 5.26 Å². The van der Waals surface area contributed by atoms with E-state index in [1.165, 1.54) is 22.3 Å². The molecule has 6 nitrogen and oxygen atoms in total.